The van der Waals surface area contributed by atoms with Crippen LogP contribution >= 0.6 is 15.9 Å². The summed E-state index contributed by atoms with van der Waals surface area (Å²) >= 11 is 3.83. The molecule has 0 fully saturated rings. The molecule has 0 aliphatic heterocycles. The lowest BCUT2D eigenvalue weighted by atomic mass is 9.86. The van der Waals surface area contributed by atoms with E-state index in [2.05, 4.69) is 74.8 Å². The van der Waals surface area contributed by atoms with Gasteiger partial charge in [-0.2, -0.15) is 0 Å². The van der Waals surface area contributed by atoms with Crippen LogP contribution in [0.4, 0.5) is 0 Å². The predicted molar refractivity (Wildman–Crippen MR) is 80.9 cm³/mol. The second-order valence-corrected chi connectivity index (χ2v) is 7.03. The van der Waals surface area contributed by atoms with E-state index in [-0.39, 0.29) is 5.41 Å². The maximum atomic E-state index is 3.83. The molecule has 1 rings (SSSR count). The van der Waals surface area contributed by atoms with E-state index in [1.165, 1.54) is 24.0 Å². The summed E-state index contributed by atoms with van der Waals surface area (Å²) in [6.07, 6.45) is 2.53. The Kier molecular flexibility index (Phi) is 5.24. The van der Waals surface area contributed by atoms with Crippen molar-refractivity contribution in [2.24, 2.45) is 5.92 Å². The summed E-state index contributed by atoms with van der Waals surface area (Å²) in [5.74, 6) is 0.695. The number of halogens is 1. The Hall–Kier alpha value is -0.300. The van der Waals surface area contributed by atoms with Gasteiger partial charge in [-0.1, -0.05) is 81.2 Å². The molecule has 0 radical (unpaired) electrons. The lowest BCUT2D eigenvalue weighted by molar-refractivity contribution is 0.518. The Morgan fingerprint density at radius 1 is 1.12 bits per heavy atom. The molecule has 2 atom stereocenters. The lowest BCUT2D eigenvalue weighted by Crippen LogP contribution is -2.11. The standard InChI is InChI=1S/C16H25Br/c1-6-7-12(2)15(17)13-8-10-14(11-9-13)16(3,4)5/h8-12,15H,6-7H2,1-5H3. The van der Waals surface area contributed by atoms with Gasteiger partial charge in [0, 0.05) is 4.83 Å². The molecule has 0 aliphatic rings. The van der Waals surface area contributed by atoms with E-state index in [1.807, 2.05) is 0 Å². The van der Waals surface area contributed by atoms with Crippen molar-refractivity contribution < 1.29 is 0 Å². The summed E-state index contributed by atoms with van der Waals surface area (Å²) in [6, 6.07) is 9.07. The zero-order valence-corrected chi connectivity index (χ0v) is 13.3. The van der Waals surface area contributed by atoms with Gasteiger partial charge in [-0.05, 0) is 28.9 Å². The summed E-state index contributed by atoms with van der Waals surface area (Å²) in [5.41, 5.74) is 3.05. The van der Waals surface area contributed by atoms with Crippen LogP contribution in [0.5, 0.6) is 0 Å². The maximum absolute atomic E-state index is 3.83. The van der Waals surface area contributed by atoms with Gasteiger partial charge in [-0.3, -0.25) is 0 Å². The smallest absolute Gasteiger partial charge is 0.0420 e. The topological polar surface area (TPSA) is 0 Å². The van der Waals surface area contributed by atoms with Gasteiger partial charge in [0.15, 0.2) is 0 Å². The molecule has 0 saturated carbocycles. The van der Waals surface area contributed by atoms with E-state index in [9.17, 15) is 0 Å². The van der Waals surface area contributed by atoms with Crippen LogP contribution in [0.15, 0.2) is 24.3 Å². The Labute approximate surface area is 115 Å². The molecule has 17 heavy (non-hydrogen) atoms. The Morgan fingerprint density at radius 2 is 1.65 bits per heavy atom. The van der Waals surface area contributed by atoms with E-state index < -0.39 is 0 Å². The minimum Gasteiger partial charge on any atom is -0.0836 e. The average molecular weight is 297 g/mol. The van der Waals surface area contributed by atoms with E-state index in [0.29, 0.717) is 10.7 Å². The van der Waals surface area contributed by atoms with Crippen LogP contribution in [0.2, 0.25) is 0 Å². The van der Waals surface area contributed by atoms with Gasteiger partial charge in [0.05, 0.1) is 0 Å². The molecular weight excluding hydrogens is 272 g/mol. The van der Waals surface area contributed by atoms with Crippen molar-refractivity contribution in [2.45, 2.75) is 57.7 Å². The first-order valence-corrected chi connectivity index (χ1v) is 7.52. The average Bonchev–Trinajstić information content (AvgIpc) is 2.27. The van der Waals surface area contributed by atoms with Gasteiger partial charge < -0.3 is 0 Å². The van der Waals surface area contributed by atoms with E-state index >= 15 is 0 Å². The first-order chi connectivity index (χ1) is 7.86. The fraction of sp³-hybridized carbons (Fsp3) is 0.625. The van der Waals surface area contributed by atoms with Crippen LogP contribution < -0.4 is 0 Å². The lowest BCUT2D eigenvalue weighted by Gasteiger charge is -2.22. The van der Waals surface area contributed by atoms with Gasteiger partial charge in [0.2, 0.25) is 0 Å². The SMILES string of the molecule is CCCC(C)C(Br)c1ccc(C(C)(C)C)cc1. The summed E-state index contributed by atoms with van der Waals surface area (Å²) in [4.78, 5) is 0.483. The zero-order chi connectivity index (χ0) is 13.1. The summed E-state index contributed by atoms with van der Waals surface area (Å²) < 4.78 is 0. The van der Waals surface area contributed by atoms with Gasteiger partial charge >= 0.3 is 0 Å². The number of benzene rings is 1. The van der Waals surface area contributed by atoms with E-state index in [4.69, 9.17) is 0 Å². The summed E-state index contributed by atoms with van der Waals surface area (Å²) in [7, 11) is 0. The second kappa shape index (κ2) is 6.04. The highest BCUT2D eigenvalue weighted by atomic mass is 79.9. The fourth-order valence-corrected chi connectivity index (χ4v) is 2.67. The van der Waals surface area contributed by atoms with E-state index in [0.717, 1.165) is 0 Å². The van der Waals surface area contributed by atoms with Crippen LogP contribution in [0, 0.1) is 5.92 Å². The Bertz CT molecular complexity index is 332. The third-order valence-corrected chi connectivity index (χ3v) is 4.77. The van der Waals surface area contributed by atoms with Crippen molar-refractivity contribution >= 4 is 15.9 Å². The molecule has 0 saturated heterocycles. The molecule has 1 aromatic rings. The number of alkyl halides is 1. The predicted octanol–water partition coefficient (Wildman–Crippen LogP) is 5.86. The van der Waals surface area contributed by atoms with Crippen LogP contribution in [0.3, 0.4) is 0 Å². The van der Waals surface area contributed by atoms with Crippen molar-refractivity contribution in [2.75, 3.05) is 0 Å². The van der Waals surface area contributed by atoms with E-state index in [1.54, 1.807) is 0 Å². The van der Waals surface area contributed by atoms with Crippen molar-refractivity contribution in [3.05, 3.63) is 35.4 Å². The molecule has 0 bridgehead atoms. The Balaban J connectivity index is 2.80. The first kappa shape index (κ1) is 14.8. The first-order valence-electron chi connectivity index (χ1n) is 6.60. The highest BCUT2D eigenvalue weighted by molar-refractivity contribution is 9.09. The zero-order valence-electron chi connectivity index (χ0n) is 11.8. The van der Waals surface area contributed by atoms with Crippen molar-refractivity contribution in [1.82, 2.24) is 0 Å². The number of hydrogen-bond acceptors (Lipinski definition) is 0. The summed E-state index contributed by atoms with van der Waals surface area (Å²) in [5, 5.41) is 0. The molecule has 1 heteroatoms. The molecule has 0 spiro atoms. The molecular formula is C16H25Br. The maximum Gasteiger partial charge on any atom is 0.0420 e. The van der Waals surface area contributed by atoms with Gasteiger partial charge in [-0.15, -0.1) is 0 Å². The largest absolute Gasteiger partial charge is 0.0836 e. The molecule has 0 heterocycles. The molecule has 0 amide bonds. The molecule has 96 valence electrons. The molecule has 0 nitrogen and oxygen atoms in total. The van der Waals surface area contributed by atoms with Crippen molar-refractivity contribution in [1.29, 1.82) is 0 Å². The minimum atomic E-state index is 0.245. The molecule has 0 N–H and O–H groups in total. The van der Waals surface area contributed by atoms with Gasteiger partial charge in [0.1, 0.15) is 0 Å². The van der Waals surface area contributed by atoms with Crippen molar-refractivity contribution in [3.63, 3.8) is 0 Å². The normalized spacial score (nSPS) is 15.6. The third-order valence-electron chi connectivity index (χ3n) is 3.34. The molecule has 0 aromatic heterocycles. The van der Waals surface area contributed by atoms with Crippen LogP contribution in [-0.2, 0) is 5.41 Å². The van der Waals surface area contributed by atoms with Crippen LogP contribution in [0.1, 0.15) is 63.4 Å². The summed E-state index contributed by atoms with van der Waals surface area (Å²) in [6.45, 7) is 11.3. The van der Waals surface area contributed by atoms with Crippen LogP contribution in [-0.4, -0.2) is 0 Å². The number of hydrogen-bond donors (Lipinski definition) is 0. The monoisotopic (exact) mass is 296 g/mol. The molecule has 0 aliphatic carbocycles. The quantitative estimate of drug-likeness (QED) is 0.611. The van der Waals surface area contributed by atoms with Crippen molar-refractivity contribution in [3.8, 4) is 0 Å². The van der Waals surface area contributed by atoms with Crippen LogP contribution in [0.25, 0.3) is 0 Å². The highest BCUT2D eigenvalue weighted by Crippen LogP contribution is 2.34. The number of rotatable bonds is 4. The molecule has 1 aromatic carbocycles. The third kappa shape index (κ3) is 4.13. The minimum absolute atomic E-state index is 0.245. The fourth-order valence-electron chi connectivity index (χ4n) is 2.10. The van der Waals surface area contributed by atoms with Gasteiger partial charge in [-0.25, -0.2) is 0 Å². The highest BCUT2D eigenvalue weighted by Gasteiger charge is 2.17. The second-order valence-electron chi connectivity index (χ2n) is 6.04. The Morgan fingerprint density at radius 3 is 2.06 bits per heavy atom. The van der Waals surface area contributed by atoms with Gasteiger partial charge in [0.25, 0.3) is 0 Å². The molecule has 2 unspecified atom stereocenters.